The third kappa shape index (κ3) is 5.41. The van der Waals surface area contributed by atoms with Gasteiger partial charge in [0, 0.05) is 0 Å². The third-order valence-electron chi connectivity index (χ3n) is 12.4. The van der Waals surface area contributed by atoms with Gasteiger partial charge < -0.3 is 29.9 Å². The molecule has 0 bridgehead atoms. The Morgan fingerprint density at radius 3 is 2.44 bits per heavy atom. The summed E-state index contributed by atoms with van der Waals surface area (Å²) in [5.41, 5.74) is 2.20. The number of hydrogen-bond donors (Lipinski definition) is 4. The van der Waals surface area contributed by atoms with E-state index in [0.717, 1.165) is 54.8 Å². The molecule has 4 aliphatic carbocycles. The molecule has 224 valence electrons. The molecule has 6 nitrogen and oxygen atoms in total. The minimum atomic E-state index is -1.39. The highest BCUT2D eigenvalue weighted by Crippen LogP contribution is 2.67. The van der Waals surface area contributed by atoms with Gasteiger partial charge >= 0.3 is 0 Å². The summed E-state index contributed by atoms with van der Waals surface area (Å²) >= 11 is 0. The molecular weight excluding hydrogens is 492 g/mol. The summed E-state index contributed by atoms with van der Waals surface area (Å²) in [4.78, 5) is 0. The lowest BCUT2D eigenvalue weighted by Crippen LogP contribution is -2.60. The highest BCUT2D eigenvalue weighted by Gasteiger charge is 2.59. The summed E-state index contributed by atoms with van der Waals surface area (Å²) in [5.74, 6) is 4.87. The van der Waals surface area contributed by atoms with Crippen LogP contribution in [0, 0.1) is 46.3 Å². The smallest absolute Gasteiger partial charge is 0.186 e. The highest BCUT2D eigenvalue weighted by molar-refractivity contribution is 5.25. The fourth-order valence-electron chi connectivity index (χ4n) is 10.1. The molecule has 6 heteroatoms. The van der Waals surface area contributed by atoms with Crippen molar-refractivity contribution in [1.82, 2.24) is 0 Å². The molecule has 5 rings (SSSR count). The maximum absolute atomic E-state index is 10.5. The third-order valence-corrected chi connectivity index (χ3v) is 12.4. The molecule has 0 spiro atoms. The van der Waals surface area contributed by atoms with Crippen molar-refractivity contribution in [3.05, 3.63) is 11.6 Å². The SMILES string of the molecule is CC(C)CCC[C@@H](C)[C@H]1CC[C@H]2[C@@H]3CC=C4CC(O[C@H]5O[C@H](CO)[C@@H](O)[C@H](O)[C@H]5O)CC[C@]4(C)[C@H]3CC[C@]12C. The van der Waals surface area contributed by atoms with Crippen molar-refractivity contribution in [2.75, 3.05) is 6.61 Å². The first-order valence-electron chi connectivity index (χ1n) is 16.1. The van der Waals surface area contributed by atoms with Crippen molar-refractivity contribution < 1.29 is 29.9 Å². The van der Waals surface area contributed by atoms with E-state index in [1.165, 1.54) is 56.9 Å². The van der Waals surface area contributed by atoms with Crippen LogP contribution in [0.1, 0.15) is 105 Å². The van der Waals surface area contributed by atoms with E-state index in [9.17, 15) is 20.4 Å². The van der Waals surface area contributed by atoms with Gasteiger partial charge in [0.15, 0.2) is 6.29 Å². The average molecular weight is 549 g/mol. The molecule has 1 saturated heterocycles. The molecule has 0 amide bonds. The summed E-state index contributed by atoms with van der Waals surface area (Å²) in [5, 5.41) is 40.3. The Kier molecular flexibility index (Phi) is 8.95. The second-order valence-electron chi connectivity index (χ2n) is 15.0. The van der Waals surface area contributed by atoms with E-state index in [2.05, 4.69) is 40.7 Å². The normalized spacial score (nSPS) is 48.7. The van der Waals surface area contributed by atoms with Crippen LogP contribution in [0.25, 0.3) is 0 Å². The zero-order chi connectivity index (χ0) is 28.1. The quantitative estimate of drug-likeness (QED) is 0.311. The summed E-state index contributed by atoms with van der Waals surface area (Å²) in [6.07, 6.45) is 9.98. The number of ether oxygens (including phenoxy) is 2. The minimum absolute atomic E-state index is 0.0984. The van der Waals surface area contributed by atoms with Crippen LogP contribution >= 0.6 is 0 Å². The van der Waals surface area contributed by atoms with E-state index in [4.69, 9.17) is 9.47 Å². The van der Waals surface area contributed by atoms with Crippen molar-refractivity contribution in [2.24, 2.45) is 46.3 Å². The van der Waals surface area contributed by atoms with Crippen LogP contribution in [0.5, 0.6) is 0 Å². The Morgan fingerprint density at radius 1 is 0.949 bits per heavy atom. The second kappa shape index (κ2) is 11.6. The number of rotatable bonds is 8. The first kappa shape index (κ1) is 30.0. The average Bonchev–Trinajstić information content (AvgIpc) is 3.26. The molecule has 0 radical (unpaired) electrons. The Hall–Kier alpha value is -0.500. The molecule has 5 aliphatic rings. The molecule has 13 atom stereocenters. The monoisotopic (exact) mass is 548 g/mol. The van der Waals surface area contributed by atoms with Gasteiger partial charge in [-0.05, 0) is 97.7 Å². The fourth-order valence-corrected chi connectivity index (χ4v) is 10.1. The molecule has 0 aromatic rings. The molecule has 4 N–H and O–H groups in total. The number of aliphatic hydroxyl groups is 4. The standard InChI is InChI=1S/C33H56O6/c1-19(2)7-6-8-20(3)24-11-12-25-23-10-9-21-17-22(13-15-32(21,4)26(23)14-16-33(24,25)5)38-31-30(37)29(36)28(35)27(18-34)39-31/h9,19-20,22-31,34-37H,6-8,10-18H2,1-5H3/t20-,22?,23+,24-,25+,26+,27-,28-,29+,30-,31+,32+,33-/m1/s1. The van der Waals surface area contributed by atoms with Crippen LogP contribution in [0.3, 0.4) is 0 Å². The largest absolute Gasteiger partial charge is 0.394 e. The second-order valence-corrected chi connectivity index (χ2v) is 15.0. The molecule has 0 aromatic carbocycles. The number of allylic oxidation sites excluding steroid dienone is 1. The van der Waals surface area contributed by atoms with Crippen molar-refractivity contribution >= 4 is 0 Å². The van der Waals surface area contributed by atoms with E-state index in [1.807, 2.05) is 0 Å². The van der Waals surface area contributed by atoms with E-state index in [1.54, 1.807) is 0 Å². The Bertz CT molecular complexity index is 872. The van der Waals surface area contributed by atoms with Crippen molar-refractivity contribution in [2.45, 2.75) is 142 Å². The van der Waals surface area contributed by atoms with E-state index < -0.39 is 37.3 Å². The highest BCUT2D eigenvalue weighted by atomic mass is 16.7. The summed E-state index contributed by atoms with van der Waals surface area (Å²) in [6.45, 7) is 12.0. The van der Waals surface area contributed by atoms with E-state index in [0.29, 0.717) is 5.41 Å². The predicted molar refractivity (Wildman–Crippen MR) is 152 cm³/mol. The van der Waals surface area contributed by atoms with Gasteiger partial charge in [-0.25, -0.2) is 0 Å². The van der Waals surface area contributed by atoms with Crippen LogP contribution in [0.2, 0.25) is 0 Å². The maximum atomic E-state index is 10.5. The zero-order valence-electron chi connectivity index (χ0n) is 25.1. The van der Waals surface area contributed by atoms with Gasteiger partial charge in [0.25, 0.3) is 0 Å². The predicted octanol–water partition coefficient (Wildman–Crippen LogP) is 5.21. The molecular formula is C33H56O6. The van der Waals surface area contributed by atoms with Crippen molar-refractivity contribution in [1.29, 1.82) is 0 Å². The van der Waals surface area contributed by atoms with Gasteiger partial charge in [0.1, 0.15) is 24.4 Å². The Morgan fingerprint density at radius 2 is 1.72 bits per heavy atom. The van der Waals surface area contributed by atoms with Crippen LogP contribution in [0.4, 0.5) is 0 Å². The van der Waals surface area contributed by atoms with Crippen LogP contribution in [-0.4, -0.2) is 63.8 Å². The summed E-state index contributed by atoms with van der Waals surface area (Å²) in [7, 11) is 0. The van der Waals surface area contributed by atoms with Crippen molar-refractivity contribution in [3.63, 3.8) is 0 Å². The van der Waals surface area contributed by atoms with Gasteiger partial charge in [0.2, 0.25) is 0 Å². The molecule has 0 aromatic heterocycles. The first-order valence-corrected chi connectivity index (χ1v) is 16.1. The number of aliphatic hydroxyl groups excluding tert-OH is 4. The topological polar surface area (TPSA) is 99.4 Å². The first-order chi connectivity index (χ1) is 18.5. The lowest BCUT2D eigenvalue weighted by Gasteiger charge is -2.58. The zero-order valence-corrected chi connectivity index (χ0v) is 25.1. The number of fused-ring (bicyclic) bond motifs is 5. The van der Waals surface area contributed by atoms with Gasteiger partial charge in [0.05, 0.1) is 12.7 Å². The van der Waals surface area contributed by atoms with Gasteiger partial charge in [-0.1, -0.05) is 65.5 Å². The lowest BCUT2D eigenvalue weighted by atomic mass is 9.47. The number of hydrogen-bond acceptors (Lipinski definition) is 6. The van der Waals surface area contributed by atoms with E-state index >= 15 is 0 Å². The van der Waals surface area contributed by atoms with Gasteiger partial charge in [-0.2, -0.15) is 0 Å². The minimum Gasteiger partial charge on any atom is -0.394 e. The summed E-state index contributed by atoms with van der Waals surface area (Å²) in [6, 6.07) is 0. The van der Waals surface area contributed by atoms with Crippen LogP contribution < -0.4 is 0 Å². The molecule has 3 saturated carbocycles. The van der Waals surface area contributed by atoms with E-state index in [-0.39, 0.29) is 11.5 Å². The fraction of sp³-hybridized carbons (Fsp3) is 0.939. The lowest BCUT2D eigenvalue weighted by molar-refractivity contribution is -0.313. The van der Waals surface area contributed by atoms with Crippen LogP contribution in [-0.2, 0) is 9.47 Å². The van der Waals surface area contributed by atoms with Crippen molar-refractivity contribution in [3.8, 4) is 0 Å². The molecule has 39 heavy (non-hydrogen) atoms. The molecule has 1 heterocycles. The Labute approximate surface area is 236 Å². The summed E-state index contributed by atoms with van der Waals surface area (Å²) < 4.78 is 11.9. The Balaban J connectivity index is 1.24. The molecule has 1 unspecified atom stereocenters. The van der Waals surface area contributed by atoms with Crippen LogP contribution in [0.15, 0.2) is 11.6 Å². The maximum Gasteiger partial charge on any atom is 0.186 e. The van der Waals surface area contributed by atoms with Gasteiger partial charge in [-0.15, -0.1) is 0 Å². The van der Waals surface area contributed by atoms with Gasteiger partial charge in [-0.3, -0.25) is 0 Å². The molecule has 4 fully saturated rings. The molecule has 1 aliphatic heterocycles.